The van der Waals surface area contributed by atoms with E-state index in [0.29, 0.717) is 6.54 Å². The van der Waals surface area contributed by atoms with E-state index < -0.39 is 0 Å². The topological polar surface area (TPSA) is 52.6 Å². The second-order valence-electron chi connectivity index (χ2n) is 5.86. The van der Waals surface area contributed by atoms with Gasteiger partial charge in [0, 0.05) is 11.4 Å². The highest BCUT2D eigenvalue weighted by molar-refractivity contribution is 7.16. The third-order valence-corrected chi connectivity index (χ3v) is 5.20. The minimum Gasteiger partial charge on any atom is -0.395 e. The Bertz CT molecular complexity index is 683. The van der Waals surface area contributed by atoms with E-state index in [2.05, 4.69) is 17.4 Å². The van der Waals surface area contributed by atoms with Crippen LogP contribution >= 0.6 is 11.3 Å². The van der Waals surface area contributed by atoms with Crippen LogP contribution in [0.25, 0.3) is 0 Å². The number of amides is 2. The molecular weight excluding hydrogens is 308 g/mol. The average Bonchev–Trinajstić information content (AvgIpc) is 2.97. The number of hydrogen-bond donors (Lipinski definition) is 2. The minimum absolute atomic E-state index is 0.0322. The van der Waals surface area contributed by atoms with E-state index in [0.717, 1.165) is 29.1 Å². The average molecular weight is 330 g/mol. The standard InChI is InChI=1S/C18H22N2O2S/c1-13-9-10-17(23-13)19-18(22)20(11-12-21)16-8-4-6-14-5-2-3-7-15(14)16/h2-3,5,7,9-10,16,21H,4,6,8,11-12H2,1H3,(H,19,22). The number of nitrogens with zero attached hydrogens (tertiary/aromatic N) is 1. The molecule has 4 nitrogen and oxygen atoms in total. The molecule has 2 aromatic rings. The number of aryl methyl sites for hydroxylation is 2. The summed E-state index contributed by atoms with van der Waals surface area (Å²) in [6.45, 7) is 2.33. The normalized spacial score (nSPS) is 16.7. The summed E-state index contributed by atoms with van der Waals surface area (Å²) in [6, 6.07) is 12.1. The van der Waals surface area contributed by atoms with Crippen molar-refractivity contribution in [2.45, 2.75) is 32.2 Å². The van der Waals surface area contributed by atoms with Crippen molar-refractivity contribution in [1.29, 1.82) is 0 Å². The van der Waals surface area contributed by atoms with Gasteiger partial charge < -0.3 is 10.0 Å². The number of hydrogen-bond acceptors (Lipinski definition) is 3. The molecule has 1 aliphatic rings. The van der Waals surface area contributed by atoms with Crippen LogP contribution in [0.4, 0.5) is 9.80 Å². The van der Waals surface area contributed by atoms with Crippen molar-refractivity contribution in [3.8, 4) is 0 Å². The molecule has 0 aliphatic heterocycles. The van der Waals surface area contributed by atoms with Gasteiger partial charge in [0.25, 0.3) is 0 Å². The number of aliphatic hydroxyl groups excluding tert-OH is 1. The lowest BCUT2D eigenvalue weighted by Crippen LogP contribution is -2.41. The van der Waals surface area contributed by atoms with Crippen molar-refractivity contribution in [3.63, 3.8) is 0 Å². The fraction of sp³-hybridized carbons (Fsp3) is 0.389. The summed E-state index contributed by atoms with van der Waals surface area (Å²) in [6.07, 6.45) is 3.06. The number of benzene rings is 1. The fourth-order valence-corrected chi connectivity index (χ4v) is 3.99. The monoisotopic (exact) mass is 330 g/mol. The molecule has 0 bridgehead atoms. The molecule has 0 saturated heterocycles. The van der Waals surface area contributed by atoms with Gasteiger partial charge in [-0.1, -0.05) is 24.3 Å². The highest BCUT2D eigenvalue weighted by atomic mass is 32.1. The summed E-state index contributed by atoms with van der Waals surface area (Å²) in [4.78, 5) is 15.7. The summed E-state index contributed by atoms with van der Waals surface area (Å²) in [5, 5.41) is 13.2. The van der Waals surface area contributed by atoms with Gasteiger partial charge in [0.05, 0.1) is 17.6 Å². The second-order valence-corrected chi connectivity index (χ2v) is 7.15. The molecule has 0 spiro atoms. The molecule has 0 radical (unpaired) electrons. The van der Waals surface area contributed by atoms with E-state index in [9.17, 15) is 9.90 Å². The van der Waals surface area contributed by atoms with Crippen molar-refractivity contribution < 1.29 is 9.90 Å². The van der Waals surface area contributed by atoms with Crippen LogP contribution in [0.1, 0.15) is 34.9 Å². The molecule has 122 valence electrons. The number of urea groups is 1. The van der Waals surface area contributed by atoms with Gasteiger partial charge in [-0.15, -0.1) is 11.3 Å². The highest BCUT2D eigenvalue weighted by Crippen LogP contribution is 2.34. The zero-order chi connectivity index (χ0) is 16.2. The van der Waals surface area contributed by atoms with Crippen LogP contribution in [0.3, 0.4) is 0 Å². The molecule has 23 heavy (non-hydrogen) atoms. The molecule has 1 atom stereocenters. The highest BCUT2D eigenvalue weighted by Gasteiger charge is 2.29. The van der Waals surface area contributed by atoms with Gasteiger partial charge >= 0.3 is 6.03 Å². The number of carbonyl (C=O) groups is 1. The minimum atomic E-state index is -0.136. The lowest BCUT2D eigenvalue weighted by molar-refractivity contribution is 0.155. The molecule has 1 aromatic carbocycles. The Balaban J connectivity index is 1.82. The maximum Gasteiger partial charge on any atom is 0.323 e. The van der Waals surface area contributed by atoms with E-state index in [1.54, 1.807) is 16.2 Å². The van der Waals surface area contributed by atoms with Gasteiger partial charge in [0.15, 0.2) is 0 Å². The molecule has 3 rings (SSSR count). The zero-order valence-corrected chi connectivity index (χ0v) is 14.1. The first-order chi connectivity index (χ1) is 11.2. The molecular formula is C18H22N2O2S. The number of anilines is 1. The molecule has 1 aliphatic carbocycles. The van der Waals surface area contributed by atoms with Crippen LogP contribution in [0.15, 0.2) is 36.4 Å². The van der Waals surface area contributed by atoms with Crippen LogP contribution in [0, 0.1) is 6.92 Å². The van der Waals surface area contributed by atoms with E-state index in [1.165, 1.54) is 11.1 Å². The van der Waals surface area contributed by atoms with Crippen molar-refractivity contribution in [1.82, 2.24) is 4.90 Å². The Labute approximate surface area is 140 Å². The first-order valence-corrected chi connectivity index (χ1v) is 8.83. The first-order valence-electron chi connectivity index (χ1n) is 8.02. The molecule has 2 amide bonds. The van der Waals surface area contributed by atoms with Crippen molar-refractivity contribution in [2.75, 3.05) is 18.5 Å². The number of aliphatic hydroxyl groups is 1. The summed E-state index contributed by atoms with van der Waals surface area (Å²) < 4.78 is 0. The first kappa shape index (κ1) is 16.0. The number of rotatable bonds is 4. The maximum absolute atomic E-state index is 12.7. The number of nitrogens with one attached hydrogen (secondary N) is 1. The van der Waals surface area contributed by atoms with Crippen molar-refractivity contribution >= 4 is 22.4 Å². The fourth-order valence-electron chi connectivity index (χ4n) is 3.24. The second kappa shape index (κ2) is 7.15. The van der Waals surface area contributed by atoms with Crippen molar-refractivity contribution in [3.05, 3.63) is 52.4 Å². The summed E-state index contributed by atoms with van der Waals surface area (Å²) in [5.41, 5.74) is 2.52. The Morgan fingerprint density at radius 2 is 2.17 bits per heavy atom. The van der Waals surface area contributed by atoms with Gasteiger partial charge in [0.1, 0.15) is 0 Å². The Hall–Kier alpha value is -1.85. The van der Waals surface area contributed by atoms with E-state index in [4.69, 9.17) is 0 Å². The lowest BCUT2D eigenvalue weighted by Gasteiger charge is -2.35. The largest absolute Gasteiger partial charge is 0.395 e. The number of carbonyl (C=O) groups excluding carboxylic acids is 1. The van der Waals surface area contributed by atoms with Crippen LogP contribution < -0.4 is 5.32 Å². The maximum atomic E-state index is 12.7. The van der Waals surface area contributed by atoms with Crippen LogP contribution in [0.2, 0.25) is 0 Å². The molecule has 1 heterocycles. The zero-order valence-electron chi connectivity index (χ0n) is 13.3. The predicted molar refractivity (Wildman–Crippen MR) is 94.0 cm³/mol. The van der Waals surface area contributed by atoms with Crippen LogP contribution in [-0.2, 0) is 6.42 Å². The molecule has 1 aromatic heterocycles. The molecule has 0 saturated carbocycles. The number of fused-ring (bicyclic) bond motifs is 1. The van der Waals surface area contributed by atoms with E-state index in [1.807, 2.05) is 31.2 Å². The Morgan fingerprint density at radius 1 is 1.35 bits per heavy atom. The van der Waals surface area contributed by atoms with E-state index >= 15 is 0 Å². The summed E-state index contributed by atoms with van der Waals surface area (Å²) >= 11 is 1.56. The predicted octanol–water partition coefficient (Wildman–Crippen LogP) is 3.96. The van der Waals surface area contributed by atoms with Gasteiger partial charge in [-0.25, -0.2) is 4.79 Å². The van der Waals surface area contributed by atoms with Gasteiger partial charge in [-0.2, -0.15) is 0 Å². The molecule has 1 unspecified atom stereocenters. The molecule has 2 N–H and O–H groups in total. The SMILES string of the molecule is Cc1ccc(NC(=O)N(CCO)C2CCCc3ccccc32)s1. The summed E-state index contributed by atoms with van der Waals surface area (Å²) in [7, 11) is 0. The van der Waals surface area contributed by atoms with Gasteiger partial charge in [-0.05, 0) is 49.4 Å². The third-order valence-electron chi connectivity index (χ3n) is 4.29. The lowest BCUT2D eigenvalue weighted by atomic mass is 9.87. The van der Waals surface area contributed by atoms with Crippen LogP contribution in [-0.4, -0.2) is 29.2 Å². The smallest absolute Gasteiger partial charge is 0.323 e. The van der Waals surface area contributed by atoms with E-state index in [-0.39, 0.29) is 18.7 Å². The summed E-state index contributed by atoms with van der Waals surface area (Å²) in [5.74, 6) is 0. The quantitative estimate of drug-likeness (QED) is 0.891. The van der Waals surface area contributed by atoms with Gasteiger partial charge in [-0.3, -0.25) is 5.32 Å². The molecule has 5 heteroatoms. The van der Waals surface area contributed by atoms with Gasteiger partial charge in [0.2, 0.25) is 0 Å². The third kappa shape index (κ3) is 3.57. The van der Waals surface area contributed by atoms with Crippen molar-refractivity contribution in [2.24, 2.45) is 0 Å². The van der Waals surface area contributed by atoms with Crippen LogP contribution in [0.5, 0.6) is 0 Å². The molecule has 0 fully saturated rings. The number of thiophene rings is 1. The Kier molecular flexibility index (Phi) is 4.98. The Morgan fingerprint density at radius 3 is 2.91 bits per heavy atom.